The maximum atomic E-state index is 10.6. The lowest BCUT2D eigenvalue weighted by atomic mass is 9.85. The van der Waals surface area contributed by atoms with Gasteiger partial charge in [0.1, 0.15) is 0 Å². The minimum Gasteiger partial charge on any atom is -0.481 e. The van der Waals surface area contributed by atoms with E-state index in [9.17, 15) is 4.79 Å². The zero-order chi connectivity index (χ0) is 15.4. The molecule has 1 N–H and O–H groups in total. The highest BCUT2D eigenvalue weighted by molar-refractivity contribution is 5.66. The number of carboxylic acid groups (broad SMARTS) is 1. The lowest BCUT2D eigenvalue weighted by molar-refractivity contribution is -0.136. The van der Waals surface area contributed by atoms with Crippen LogP contribution in [-0.2, 0) is 10.2 Å². The van der Waals surface area contributed by atoms with E-state index < -0.39 is 5.97 Å². The van der Waals surface area contributed by atoms with E-state index in [0.29, 0.717) is 12.3 Å². The fourth-order valence-corrected chi connectivity index (χ4v) is 3.29. The van der Waals surface area contributed by atoms with Crippen molar-refractivity contribution >= 4 is 5.97 Å². The summed E-state index contributed by atoms with van der Waals surface area (Å²) in [5, 5.41) is 8.72. The number of benzene rings is 2. The lowest BCUT2D eigenvalue weighted by Gasteiger charge is -2.18. The average molecular weight is 292 g/mol. The van der Waals surface area contributed by atoms with Crippen LogP contribution in [0.4, 0.5) is 0 Å². The molecule has 0 amide bonds. The Labute approximate surface area is 131 Å². The fourth-order valence-electron chi connectivity index (χ4n) is 3.29. The molecule has 2 aromatic carbocycles. The number of rotatable bonds is 6. The van der Waals surface area contributed by atoms with Crippen LogP contribution in [0.2, 0.25) is 0 Å². The van der Waals surface area contributed by atoms with Gasteiger partial charge in [-0.2, -0.15) is 0 Å². The SMILES string of the molecule is O=C(O)CC/C=C\C1CC1(c1ccccc1)c1ccccc1. The molecule has 0 heterocycles. The third-order valence-electron chi connectivity index (χ3n) is 4.49. The van der Waals surface area contributed by atoms with Gasteiger partial charge in [-0.3, -0.25) is 4.79 Å². The van der Waals surface area contributed by atoms with E-state index in [4.69, 9.17) is 5.11 Å². The zero-order valence-corrected chi connectivity index (χ0v) is 12.5. The van der Waals surface area contributed by atoms with Crippen molar-refractivity contribution in [2.45, 2.75) is 24.7 Å². The van der Waals surface area contributed by atoms with Gasteiger partial charge in [0.15, 0.2) is 0 Å². The van der Waals surface area contributed by atoms with Crippen molar-refractivity contribution in [3.8, 4) is 0 Å². The first kappa shape index (κ1) is 14.6. The van der Waals surface area contributed by atoms with Crippen LogP contribution in [0.3, 0.4) is 0 Å². The Kier molecular flexibility index (Phi) is 4.10. The summed E-state index contributed by atoms with van der Waals surface area (Å²) in [5.74, 6) is -0.288. The Morgan fingerprint density at radius 3 is 2.09 bits per heavy atom. The standard InChI is InChI=1S/C20H20O2/c21-19(22)14-8-7-13-18-15-20(18,16-9-3-1-4-10-16)17-11-5-2-6-12-17/h1-7,9-13,18H,8,14-15H2,(H,21,22)/b13-7-. The quantitative estimate of drug-likeness (QED) is 0.801. The van der Waals surface area contributed by atoms with E-state index in [0.717, 1.165) is 6.42 Å². The zero-order valence-electron chi connectivity index (χ0n) is 12.5. The van der Waals surface area contributed by atoms with Crippen LogP contribution in [0.25, 0.3) is 0 Å². The molecule has 1 aliphatic carbocycles. The van der Waals surface area contributed by atoms with Gasteiger partial charge in [0.2, 0.25) is 0 Å². The predicted molar refractivity (Wildman–Crippen MR) is 87.8 cm³/mol. The monoisotopic (exact) mass is 292 g/mol. The van der Waals surface area contributed by atoms with Gasteiger partial charge >= 0.3 is 5.97 Å². The van der Waals surface area contributed by atoms with Crippen molar-refractivity contribution in [2.75, 3.05) is 0 Å². The normalized spacial score (nSPS) is 19.2. The molecule has 1 unspecified atom stereocenters. The molecule has 0 bridgehead atoms. The third-order valence-corrected chi connectivity index (χ3v) is 4.49. The van der Waals surface area contributed by atoms with Crippen molar-refractivity contribution in [3.63, 3.8) is 0 Å². The van der Waals surface area contributed by atoms with Crippen LogP contribution < -0.4 is 0 Å². The topological polar surface area (TPSA) is 37.3 Å². The summed E-state index contributed by atoms with van der Waals surface area (Å²) in [5.41, 5.74) is 2.74. The number of hydrogen-bond acceptors (Lipinski definition) is 1. The number of allylic oxidation sites excluding steroid dienone is 2. The summed E-state index contributed by atoms with van der Waals surface area (Å²) in [6.45, 7) is 0. The van der Waals surface area contributed by atoms with Gasteiger partial charge in [-0.1, -0.05) is 72.8 Å². The van der Waals surface area contributed by atoms with Gasteiger partial charge in [-0.15, -0.1) is 0 Å². The summed E-state index contributed by atoms with van der Waals surface area (Å²) < 4.78 is 0. The molecular weight excluding hydrogens is 272 g/mol. The summed E-state index contributed by atoms with van der Waals surface area (Å²) in [4.78, 5) is 10.6. The average Bonchev–Trinajstić information content (AvgIpc) is 3.29. The van der Waals surface area contributed by atoms with Crippen molar-refractivity contribution < 1.29 is 9.90 Å². The number of carboxylic acids is 1. The van der Waals surface area contributed by atoms with Gasteiger partial charge in [0.05, 0.1) is 0 Å². The van der Waals surface area contributed by atoms with E-state index in [1.54, 1.807) is 0 Å². The molecule has 2 aromatic rings. The highest BCUT2D eigenvalue weighted by atomic mass is 16.4. The summed E-state index contributed by atoms with van der Waals surface area (Å²) in [6.07, 6.45) is 6.11. The molecule has 0 radical (unpaired) electrons. The first-order valence-electron chi connectivity index (χ1n) is 7.73. The molecule has 1 atom stereocenters. The maximum Gasteiger partial charge on any atom is 0.303 e. The van der Waals surface area contributed by atoms with Crippen LogP contribution in [0.5, 0.6) is 0 Å². The fraction of sp³-hybridized carbons (Fsp3) is 0.250. The van der Waals surface area contributed by atoms with Crippen LogP contribution in [0.1, 0.15) is 30.4 Å². The number of aliphatic carboxylic acids is 1. The second-order valence-corrected chi connectivity index (χ2v) is 5.87. The predicted octanol–water partition coefficient (Wildman–Crippen LogP) is 4.41. The maximum absolute atomic E-state index is 10.6. The van der Waals surface area contributed by atoms with Crippen molar-refractivity contribution in [1.29, 1.82) is 0 Å². The minimum atomic E-state index is -0.738. The minimum absolute atomic E-state index is 0.0578. The van der Waals surface area contributed by atoms with E-state index in [1.807, 2.05) is 18.2 Å². The summed E-state index contributed by atoms with van der Waals surface area (Å²) >= 11 is 0. The number of hydrogen-bond donors (Lipinski definition) is 1. The van der Waals surface area contributed by atoms with Crippen molar-refractivity contribution in [2.24, 2.45) is 5.92 Å². The van der Waals surface area contributed by atoms with Gasteiger partial charge < -0.3 is 5.11 Å². The molecule has 1 aliphatic rings. The first-order valence-corrected chi connectivity index (χ1v) is 7.73. The molecule has 0 aromatic heterocycles. The Balaban J connectivity index is 1.84. The van der Waals surface area contributed by atoms with Gasteiger partial charge in [0, 0.05) is 11.8 Å². The van der Waals surface area contributed by atoms with E-state index in [2.05, 4.69) is 54.6 Å². The molecule has 1 saturated carbocycles. The second-order valence-electron chi connectivity index (χ2n) is 5.87. The Hall–Kier alpha value is -2.35. The van der Waals surface area contributed by atoms with Crippen molar-refractivity contribution in [3.05, 3.63) is 83.9 Å². The molecule has 3 rings (SSSR count). The second kappa shape index (κ2) is 6.18. The van der Waals surface area contributed by atoms with E-state index in [-0.39, 0.29) is 11.8 Å². The Bertz CT molecular complexity index is 619. The highest BCUT2D eigenvalue weighted by Gasteiger charge is 2.54. The largest absolute Gasteiger partial charge is 0.481 e. The van der Waals surface area contributed by atoms with Crippen LogP contribution in [0.15, 0.2) is 72.8 Å². The molecule has 2 heteroatoms. The molecule has 1 fully saturated rings. The first-order chi connectivity index (χ1) is 10.7. The summed E-state index contributed by atoms with van der Waals surface area (Å²) in [7, 11) is 0. The van der Waals surface area contributed by atoms with Crippen molar-refractivity contribution in [1.82, 2.24) is 0 Å². The smallest absolute Gasteiger partial charge is 0.303 e. The lowest BCUT2D eigenvalue weighted by Crippen LogP contribution is -2.11. The van der Waals surface area contributed by atoms with Crippen LogP contribution in [-0.4, -0.2) is 11.1 Å². The Morgan fingerprint density at radius 2 is 1.59 bits per heavy atom. The molecule has 0 spiro atoms. The molecule has 22 heavy (non-hydrogen) atoms. The molecule has 112 valence electrons. The Morgan fingerprint density at radius 1 is 1.05 bits per heavy atom. The van der Waals surface area contributed by atoms with Crippen LogP contribution in [0, 0.1) is 5.92 Å². The van der Waals surface area contributed by atoms with Gasteiger partial charge in [-0.25, -0.2) is 0 Å². The van der Waals surface area contributed by atoms with E-state index in [1.165, 1.54) is 11.1 Å². The van der Waals surface area contributed by atoms with Gasteiger partial charge in [0.25, 0.3) is 0 Å². The number of carbonyl (C=O) groups is 1. The molecular formula is C20H20O2. The molecule has 0 aliphatic heterocycles. The van der Waals surface area contributed by atoms with Crippen LogP contribution >= 0.6 is 0 Å². The van der Waals surface area contributed by atoms with Gasteiger partial charge in [-0.05, 0) is 29.9 Å². The summed E-state index contributed by atoms with van der Waals surface area (Å²) in [6, 6.07) is 21.2. The third kappa shape index (κ3) is 2.82. The highest BCUT2D eigenvalue weighted by Crippen LogP contribution is 2.59. The molecule has 2 nitrogen and oxygen atoms in total. The van der Waals surface area contributed by atoms with E-state index >= 15 is 0 Å². The molecule has 0 saturated heterocycles.